The van der Waals surface area contributed by atoms with Gasteiger partial charge >= 0.3 is 0 Å². The molecule has 1 fully saturated rings. The van der Waals surface area contributed by atoms with Crippen molar-refractivity contribution in [2.24, 2.45) is 0 Å². The zero-order chi connectivity index (χ0) is 22.5. The lowest BCUT2D eigenvalue weighted by atomic mass is 10.2. The number of methoxy groups -OCH3 is 1. The van der Waals surface area contributed by atoms with Crippen LogP contribution in [0.15, 0.2) is 53.4 Å². The van der Waals surface area contributed by atoms with Crippen molar-refractivity contribution in [2.45, 2.75) is 35.8 Å². The molecule has 0 unspecified atom stereocenters. The van der Waals surface area contributed by atoms with Crippen LogP contribution in [0.25, 0.3) is 0 Å². The van der Waals surface area contributed by atoms with E-state index in [1.807, 2.05) is 29.2 Å². The number of ether oxygens (including phenoxy) is 1. The van der Waals surface area contributed by atoms with Crippen LogP contribution in [0.1, 0.15) is 25.7 Å². The predicted octanol–water partition coefficient (Wildman–Crippen LogP) is 3.54. The second kappa shape index (κ2) is 10.1. The largest absolute Gasteiger partial charge is 0.497 e. The minimum Gasteiger partial charge on any atom is -0.497 e. The van der Waals surface area contributed by atoms with Crippen molar-refractivity contribution in [3.8, 4) is 5.75 Å². The van der Waals surface area contributed by atoms with Crippen molar-refractivity contribution in [1.29, 1.82) is 0 Å². The molecule has 168 valence electrons. The van der Waals surface area contributed by atoms with E-state index in [1.54, 1.807) is 31.4 Å². The number of hydrogen-bond donors (Lipinski definition) is 1. The molecule has 32 heavy (non-hydrogen) atoms. The number of nitrogens with zero attached hydrogens (tertiary/aromatic N) is 2. The first-order valence-corrected chi connectivity index (χ1v) is 11.7. The van der Waals surface area contributed by atoms with Crippen molar-refractivity contribution in [1.82, 2.24) is 4.90 Å². The van der Waals surface area contributed by atoms with Crippen LogP contribution in [0.4, 0.5) is 11.4 Å². The number of amides is 3. The highest BCUT2D eigenvalue weighted by Crippen LogP contribution is 2.40. The average molecular weight is 454 g/mol. The minimum absolute atomic E-state index is 0.158. The molecule has 1 atom stereocenters. The maximum Gasteiger partial charge on any atom is 0.250 e. The fourth-order valence-corrected chi connectivity index (χ4v) is 5.23. The number of carbonyl (C=O) groups is 3. The molecule has 2 aliphatic rings. The highest BCUT2D eigenvalue weighted by Gasteiger charge is 2.40. The smallest absolute Gasteiger partial charge is 0.250 e. The molecule has 1 saturated heterocycles. The Bertz CT molecular complexity index is 1000. The van der Waals surface area contributed by atoms with E-state index in [2.05, 4.69) is 5.32 Å². The molecule has 1 N–H and O–H groups in total. The Hall–Kier alpha value is -3.00. The molecule has 8 heteroatoms. The van der Waals surface area contributed by atoms with Crippen LogP contribution < -0.4 is 15.0 Å². The number of para-hydroxylation sites is 1. The van der Waals surface area contributed by atoms with Gasteiger partial charge in [-0.15, -0.1) is 11.8 Å². The monoisotopic (exact) mass is 453 g/mol. The number of nitrogens with one attached hydrogen (secondary N) is 1. The zero-order valence-corrected chi connectivity index (χ0v) is 18.9. The van der Waals surface area contributed by atoms with Crippen LogP contribution >= 0.6 is 11.8 Å². The summed E-state index contributed by atoms with van der Waals surface area (Å²) in [7, 11) is 1.56. The summed E-state index contributed by atoms with van der Waals surface area (Å²) in [5.74, 6) is -0.214. The van der Waals surface area contributed by atoms with Crippen LogP contribution in [0.3, 0.4) is 0 Å². The van der Waals surface area contributed by atoms with Crippen LogP contribution in [0.2, 0.25) is 0 Å². The van der Waals surface area contributed by atoms with E-state index in [9.17, 15) is 14.4 Å². The topological polar surface area (TPSA) is 79.0 Å². The molecule has 0 aliphatic carbocycles. The Morgan fingerprint density at radius 3 is 2.56 bits per heavy atom. The lowest BCUT2D eigenvalue weighted by Gasteiger charge is -2.34. The fraction of sp³-hybridized carbons (Fsp3) is 0.375. The van der Waals surface area contributed by atoms with Crippen LogP contribution in [-0.4, -0.2) is 54.6 Å². The molecule has 0 radical (unpaired) electrons. The maximum absolute atomic E-state index is 13.4. The molecule has 4 rings (SSSR count). The molecule has 0 saturated carbocycles. The second-order valence-corrected chi connectivity index (χ2v) is 9.06. The van der Waals surface area contributed by atoms with Gasteiger partial charge in [0.05, 0.1) is 12.8 Å². The summed E-state index contributed by atoms with van der Waals surface area (Å²) in [4.78, 5) is 43.5. The molecule has 0 aromatic heterocycles. The first-order valence-electron chi connectivity index (χ1n) is 10.9. The van der Waals surface area contributed by atoms with Crippen molar-refractivity contribution < 1.29 is 19.1 Å². The molecule has 2 aliphatic heterocycles. The molecule has 7 nitrogen and oxygen atoms in total. The van der Waals surface area contributed by atoms with Gasteiger partial charge in [0.25, 0.3) is 5.91 Å². The fourth-order valence-electron chi connectivity index (χ4n) is 4.04. The molecule has 2 aromatic rings. The minimum atomic E-state index is -0.868. The van der Waals surface area contributed by atoms with Gasteiger partial charge in [0.1, 0.15) is 12.3 Å². The number of rotatable bonds is 5. The summed E-state index contributed by atoms with van der Waals surface area (Å²) >= 11 is 1.28. The van der Waals surface area contributed by atoms with E-state index in [-0.39, 0.29) is 24.3 Å². The summed E-state index contributed by atoms with van der Waals surface area (Å²) in [5, 5.41) is 1.95. The third kappa shape index (κ3) is 4.91. The maximum atomic E-state index is 13.4. The van der Waals surface area contributed by atoms with E-state index in [4.69, 9.17) is 4.74 Å². The van der Waals surface area contributed by atoms with Gasteiger partial charge in [-0.3, -0.25) is 14.4 Å². The van der Waals surface area contributed by atoms with Gasteiger partial charge in [0.15, 0.2) is 5.25 Å². The van der Waals surface area contributed by atoms with Gasteiger partial charge in [-0.2, -0.15) is 0 Å². The summed E-state index contributed by atoms with van der Waals surface area (Å²) in [6.45, 7) is 1.19. The molecule has 3 amide bonds. The number of thioether (sulfide) groups is 1. The van der Waals surface area contributed by atoms with Crippen LogP contribution in [-0.2, 0) is 14.4 Å². The molecule has 2 aromatic carbocycles. The van der Waals surface area contributed by atoms with Crippen LogP contribution in [0.5, 0.6) is 5.75 Å². The van der Waals surface area contributed by atoms with Gasteiger partial charge in [0.2, 0.25) is 11.8 Å². The first kappa shape index (κ1) is 22.2. The number of benzene rings is 2. The summed E-state index contributed by atoms with van der Waals surface area (Å²) in [5.41, 5.74) is 1.24. The van der Waals surface area contributed by atoms with Gasteiger partial charge in [-0.1, -0.05) is 31.0 Å². The highest BCUT2D eigenvalue weighted by atomic mass is 32.2. The zero-order valence-electron chi connectivity index (χ0n) is 18.1. The molecular formula is C24H27N3O4S. The molecular weight excluding hydrogens is 426 g/mol. The normalized spacial score (nSPS) is 18.5. The second-order valence-electron chi connectivity index (χ2n) is 7.91. The SMILES string of the molecule is COc1cccc(NC(=O)CN2C(=O)[C@@H](C(=O)N3CCCCCC3)Sc3ccccc32)c1. The van der Waals surface area contributed by atoms with Crippen molar-refractivity contribution in [2.75, 3.05) is 37.0 Å². The number of likely N-dealkylation sites (tertiary alicyclic amines) is 1. The molecule has 2 heterocycles. The number of hydrogen-bond acceptors (Lipinski definition) is 5. The Kier molecular flexibility index (Phi) is 6.99. The highest BCUT2D eigenvalue weighted by molar-refractivity contribution is 8.01. The standard InChI is InChI=1S/C24H27N3O4S/c1-31-18-10-8-9-17(15-18)25-21(28)16-27-19-11-4-5-12-20(19)32-22(24(27)30)23(29)26-13-6-2-3-7-14-26/h4-5,8-12,15,22H,2-3,6-7,13-14,16H2,1H3,(H,25,28)/t22-/m1/s1. The Labute approximate surface area is 192 Å². The van der Waals surface area contributed by atoms with Crippen molar-refractivity contribution >= 4 is 40.9 Å². The number of anilines is 2. The van der Waals surface area contributed by atoms with E-state index in [0.29, 0.717) is 30.2 Å². The van der Waals surface area contributed by atoms with E-state index < -0.39 is 5.25 Å². The first-order chi connectivity index (χ1) is 15.6. The Morgan fingerprint density at radius 1 is 1.06 bits per heavy atom. The van der Waals surface area contributed by atoms with Gasteiger partial charge in [-0.05, 0) is 37.1 Å². The van der Waals surface area contributed by atoms with Crippen molar-refractivity contribution in [3.05, 3.63) is 48.5 Å². The van der Waals surface area contributed by atoms with E-state index in [1.165, 1.54) is 16.7 Å². The predicted molar refractivity (Wildman–Crippen MR) is 125 cm³/mol. The third-order valence-corrected chi connectivity index (χ3v) is 6.93. The van der Waals surface area contributed by atoms with Gasteiger partial charge < -0.3 is 19.9 Å². The van der Waals surface area contributed by atoms with E-state index in [0.717, 1.165) is 30.6 Å². The lowest BCUT2D eigenvalue weighted by molar-refractivity contribution is -0.135. The summed E-state index contributed by atoms with van der Waals surface area (Å²) in [6, 6.07) is 14.5. The number of carbonyl (C=O) groups excluding carboxylic acids is 3. The van der Waals surface area contributed by atoms with Crippen molar-refractivity contribution in [3.63, 3.8) is 0 Å². The number of fused-ring (bicyclic) bond motifs is 1. The van der Waals surface area contributed by atoms with Gasteiger partial charge in [-0.25, -0.2) is 0 Å². The molecule has 0 bridgehead atoms. The third-order valence-electron chi connectivity index (χ3n) is 5.69. The molecule has 0 spiro atoms. The van der Waals surface area contributed by atoms with Crippen LogP contribution in [0, 0.1) is 0 Å². The van der Waals surface area contributed by atoms with Gasteiger partial charge in [0, 0.05) is 29.7 Å². The summed E-state index contributed by atoms with van der Waals surface area (Å²) < 4.78 is 5.20. The average Bonchev–Trinajstić information content (AvgIpc) is 3.10. The quantitative estimate of drug-likeness (QED) is 0.701. The Balaban J connectivity index is 1.53. The Morgan fingerprint density at radius 2 is 1.81 bits per heavy atom. The van der Waals surface area contributed by atoms with E-state index >= 15 is 0 Å². The summed E-state index contributed by atoms with van der Waals surface area (Å²) in [6.07, 6.45) is 4.13. The lowest BCUT2D eigenvalue weighted by Crippen LogP contribution is -2.51.